The summed E-state index contributed by atoms with van der Waals surface area (Å²) in [4.78, 5) is 0. The van der Waals surface area contributed by atoms with Gasteiger partial charge in [-0.2, -0.15) is 0 Å². The van der Waals surface area contributed by atoms with E-state index in [4.69, 9.17) is 0 Å². The van der Waals surface area contributed by atoms with Gasteiger partial charge in [0.2, 0.25) is 0 Å². The molecule has 2 rings (SSSR count). The van der Waals surface area contributed by atoms with E-state index in [-0.39, 0.29) is 0 Å². The maximum Gasteiger partial charge on any atom is -0.0412 e. The summed E-state index contributed by atoms with van der Waals surface area (Å²) in [6, 6.07) is 0. The lowest BCUT2D eigenvalue weighted by Gasteiger charge is -2.13. The Morgan fingerprint density at radius 2 is 1.44 bits per heavy atom. The highest BCUT2D eigenvalue weighted by atomic mass is 14.3. The second-order valence-electron chi connectivity index (χ2n) is 6.67. The normalized spacial score (nSPS) is 39.4. The predicted octanol–water partition coefficient (Wildman–Crippen LogP) is 5.42. The smallest absolute Gasteiger partial charge is 0.0412 e. The van der Waals surface area contributed by atoms with Crippen LogP contribution in [0, 0.1) is 23.7 Å². The van der Waals surface area contributed by atoms with Crippen molar-refractivity contribution >= 4 is 0 Å². The average molecular weight is 222 g/mol. The molecule has 94 valence electrons. The molecule has 2 aliphatic carbocycles. The molecule has 0 aromatic heterocycles. The summed E-state index contributed by atoms with van der Waals surface area (Å²) in [7, 11) is 0. The van der Waals surface area contributed by atoms with E-state index in [1.165, 1.54) is 44.9 Å². The molecular weight excluding hydrogens is 192 g/mol. The molecule has 0 aromatic carbocycles. The molecule has 0 aliphatic heterocycles. The van der Waals surface area contributed by atoms with Gasteiger partial charge in [0.05, 0.1) is 0 Å². The molecule has 16 heavy (non-hydrogen) atoms. The van der Waals surface area contributed by atoms with Gasteiger partial charge in [0, 0.05) is 0 Å². The molecule has 0 N–H and O–H groups in total. The molecule has 0 bridgehead atoms. The fraction of sp³-hybridized carbons (Fsp3) is 1.00. The van der Waals surface area contributed by atoms with Gasteiger partial charge in [0.15, 0.2) is 0 Å². The first kappa shape index (κ1) is 12.5. The van der Waals surface area contributed by atoms with Crippen LogP contribution in [-0.4, -0.2) is 0 Å². The Morgan fingerprint density at radius 1 is 0.812 bits per heavy atom. The Hall–Kier alpha value is 0. The van der Waals surface area contributed by atoms with Crippen LogP contribution in [0.1, 0.15) is 78.1 Å². The van der Waals surface area contributed by atoms with E-state index in [1.54, 1.807) is 19.3 Å². The van der Waals surface area contributed by atoms with E-state index in [2.05, 4.69) is 13.8 Å². The number of hydrogen-bond donors (Lipinski definition) is 0. The zero-order chi connectivity index (χ0) is 11.4. The minimum Gasteiger partial charge on any atom is -0.0651 e. The standard InChI is InChI=1S/C16H30/c1-3-14-9-10-16(12-14)6-4-5-15-8-7-13(2)11-15/h13-16H,3-12H2,1-2H3. The largest absolute Gasteiger partial charge is 0.0651 e. The summed E-state index contributed by atoms with van der Waals surface area (Å²) < 4.78 is 0. The van der Waals surface area contributed by atoms with Gasteiger partial charge < -0.3 is 0 Å². The third-order valence-electron chi connectivity index (χ3n) is 5.26. The van der Waals surface area contributed by atoms with Crippen molar-refractivity contribution in [1.29, 1.82) is 0 Å². The van der Waals surface area contributed by atoms with Gasteiger partial charge in [-0.25, -0.2) is 0 Å². The first-order valence-corrected chi connectivity index (χ1v) is 7.78. The van der Waals surface area contributed by atoms with Crippen molar-refractivity contribution in [3.8, 4) is 0 Å². The van der Waals surface area contributed by atoms with E-state index in [0.29, 0.717) is 0 Å². The van der Waals surface area contributed by atoms with E-state index in [9.17, 15) is 0 Å². The Labute approximate surface area is 102 Å². The molecule has 0 spiro atoms. The van der Waals surface area contributed by atoms with Crippen molar-refractivity contribution in [2.24, 2.45) is 23.7 Å². The minimum atomic E-state index is 1.03. The minimum absolute atomic E-state index is 1.03. The molecular formula is C16H30. The SMILES string of the molecule is CCC1CCC(CCCC2CCC(C)C2)C1. The summed E-state index contributed by atoms with van der Waals surface area (Å²) >= 11 is 0. The third-order valence-corrected chi connectivity index (χ3v) is 5.26. The molecule has 0 amide bonds. The van der Waals surface area contributed by atoms with Gasteiger partial charge in [0.25, 0.3) is 0 Å². The summed E-state index contributed by atoms with van der Waals surface area (Å²) in [5, 5.41) is 0. The van der Waals surface area contributed by atoms with Crippen LogP contribution in [0.2, 0.25) is 0 Å². The highest BCUT2D eigenvalue weighted by molar-refractivity contribution is 4.76. The summed E-state index contributed by atoms with van der Waals surface area (Å²) in [6.45, 7) is 4.80. The molecule has 0 heteroatoms. The van der Waals surface area contributed by atoms with Crippen LogP contribution in [0.15, 0.2) is 0 Å². The number of hydrogen-bond acceptors (Lipinski definition) is 0. The lowest BCUT2D eigenvalue weighted by Crippen LogP contribution is -1.99. The third kappa shape index (κ3) is 3.50. The molecule has 0 heterocycles. The topological polar surface area (TPSA) is 0 Å². The van der Waals surface area contributed by atoms with Gasteiger partial charge in [-0.3, -0.25) is 0 Å². The molecule has 0 radical (unpaired) electrons. The molecule has 2 aliphatic rings. The molecule has 0 nitrogen and oxygen atoms in total. The van der Waals surface area contributed by atoms with E-state index < -0.39 is 0 Å². The zero-order valence-electron chi connectivity index (χ0n) is 11.4. The van der Waals surface area contributed by atoms with E-state index in [0.717, 1.165) is 23.7 Å². The molecule has 0 saturated heterocycles. The fourth-order valence-corrected chi connectivity index (χ4v) is 4.09. The van der Waals surface area contributed by atoms with Crippen LogP contribution in [0.3, 0.4) is 0 Å². The van der Waals surface area contributed by atoms with Crippen LogP contribution in [0.25, 0.3) is 0 Å². The Morgan fingerprint density at radius 3 is 2.00 bits per heavy atom. The zero-order valence-corrected chi connectivity index (χ0v) is 11.4. The van der Waals surface area contributed by atoms with Crippen LogP contribution in [0.5, 0.6) is 0 Å². The van der Waals surface area contributed by atoms with Crippen molar-refractivity contribution in [2.45, 2.75) is 78.1 Å². The summed E-state index contributed by atoms with van der Waals surface area (Å²) in [6.07, 6.45) is 15.2. The predicted molar refractivity (Wildman–Crippen MR) is 71.5 cm³/mol. The summed E-state index contributed by atoms with van der Waals surface area (Å²) in [5.41, 5.74) is 0. The van der Waals surface area contributed by atoms with Crippen LogP contribution in [-0.2, 0) is 0 Å². The van der Waals surface area contributed by atoms with E-state index in [1.807, 2.05) is 0 Å². The van der Waals surface area contributed by atoms with Gasteiger partial charge >= 0.3 is 0 Å². The second kappa shape index (κ2) is 6.07. The van der Waals surface area contributed by atoms with Crippen LogP contribution >= 0.6 is 0 Å². The molecule has 4 atom stereocenters. The Kier molecular flexibility index (Phi) is 4.73. The van der Waals surface area contributed by atoms with Crippen molar-refractivity contribution in [3.63, 3.8) is 0 Å². The van der Waals surface area contributed by atoms with E-state index >= 15 is 0 Å². The Balaban J connectivity index is 1.55. The maximum absolute atomic E-state index is 2.43. The van der Waals surface area contributed by atoms with Crippen molar-refractivity contribution < 1.29 is 0 Å². The van der Waals surface area contributed by atoms with Gasteiger partial charge in [-0.05, 0) is 36.5 Å². The highest BCUT2D eigenvalue weighted by Gasteiger charge is 2.24. The first-order valence-electron chi connectivity index (χ1n) is 7.78. The maximum atomic E-state index is 2.43. The molecule has 0 aromatic rings. The fourth-order valence-electron chi connectivity index (χ4n) is 4.09. The summed E-state index contributed by atoms with van der Waals surface area (Å²) in [5.74, 6) is 4.31. The monoisotopic (exact) mass is 222 g/mol. The molecule has 2 saturated carbocycles. The van der Waals surface area contributed by atoms with Crippen LogP contribution in [0.4, 0.5) is 0 Å². The van der Waals surface area contributed by atoms with Crippen molar-refractivity contribution in [3.05, 3.63) is 0 Å². The first-order chi connectivity index (χ1) is 7.78. The van der Waals surface area contributed by atoms with Crippen molar-refractivity contribution in [2.75, 3.05) is 0 Å². The lowest BCUT2D eigenvalue weighted by molar-refractivity contribution is 0.397. The van der Waals surface area contributed by atoms with Gasteiger partial charge in [0.1, 0.15) is 0 Å². The average Bonchev–Trinajstić information content (AvgIpc) is 2.88. The molecule has 2 fully saturated rings. The van der Waals surface area contributed by atoms with Crippen LogP contribution < -0.4 is 0 Å². The number of rotatable bonds is 5. The van der Waals surface area contributed by atoms with Crippen molar-refractivity contribution in [1.82, 2.24) is 0 Å². The second-order valence-corrected chi connectivity index (χ2v) is 6.67. The van der Waals surface area contributed by atoms with Gasteiger partial charge in [-0.15, -0.1) is 0 Å². The van der Waals surface area contributed by atoms with Gasteiger partial charge in [-0.1, -0.05) is 65.2 Å². The quantitative estimate of drug-likeness (QED) is 0.582. The molecule has 4 unspecified atom stereocenters. The lowest BCUT2D eigenvalue weighted by atomic mass is 9.93. The highest BCUT2D eigenvalue weighted by Crippen LogP contribution is 2.38. The Bertz CT molecular complexity index is 196.